The molecule has 1 aliphatic heterocycles. The summed E-state index contributed by atoms with van der Waals surface area (Å²) in [7, 11) is 3.47. The second-order valence-corrected chi connectivity index (χ2v) is 5.11. The maximum atomic E-state index is 12.1. The number of hydrogen-bond donors (Lipinski definition) is 0. The van der Waals surface area contributed by atoms with Gasteiger partial charge in [-0.3, -0.25) is 9.78 Å². The minimum absolute atomic E-state index is 0.00648. The molecule has 0 saturated carbocycles. The van der Waals surface area contributed by atoms with Gasteiger partial charge in [0.15, 0.2) is 0 Å². The van der Waals surface area contributed by atoms with Gasteiger partial charge in [0.2, 0.25) is 5.91 Å². The topological polar surface area (TPSA) is 56.8 Å². The largest absolute Gasteiger partial charge is 0.336 e. The molecule has 1 saturated heterocycles. The van der Waals surface area contributed by atoms with Crippen LogP contribution in [0.4, 0.5) is 4.79 Å². The molecular formula is C15H20N4O2. The first-order valence-corrected chi connectivity index (χ1v) is 6.91. The van der Waals surface area contributed by atoms with Gasteiger partial charge in [0.1, 0.15) is 0 Å². The fraction of sp³-hybridized carbons (Fsp3) is 0.400. The Morgan fingerprint density at radius 2 is 1.86 bits per heavy atom. The molecule has 0 spiro atoms. The van der Waals surface area contributed by atoms with E-state index >= 15 is 0 Å². The summed E-state index contributed by atoms with van der Waals surface area (Å²) in [6.07, 6.45) is 6.71. The Kier molecular flexibility index (Phi) is 4.92. The third-order valence-electron chi connectivity index (χ3n) is 3.35. The molecule has 21 heavy (non-hydrogen) atoms. The standard InChI is InChI=1S/C15H20N4O2/c1-17(2)15(21)19-10-8-18(9-11-19)14(20)6-5-13-4-3-7-16-12-13/h3-7,12H,8-11H2,1-2H3/b6-5+. The van der Waals surface area contributed by atoms with Crippen LogP contribution in [0.25, 0.3) is 6.08 Å². The first kappa shape index (κ1) is 15.0. The number of piperazine rings is 1. The summed E-state index contributed by atoms with van der Waals surface area (Å²) in [6, 6.07) is 3.72. The van der Waals surface area contributed by atoms with Crippen molar-refractivity contribution in [3.8, 4) is 0 Å². The number of pyridine rings is 1. The Labute approximate surface area is 124 Å². The van der Waals surface area contributed by atoms with Crippen LogP contribution in [-0.4, -0.2) is 71.9 Å². The molecule has 1 aromatic rings. The van der Waals surface area contributed by atoms with Crippen molar-refractivity contribution in [2.75, 3.05) is 40.3 Å². The SMILES string of the molecule is CN(C)C(=O)N1CCN(C(=O)/C=C/c2cccnc2)CC1. The van der Waals surface area contributed by atoms with Crippen molar-refractivity contribution in [2.45, 2.75) is 0 Å². The fourth-order valence-electron chi connectivity index (χ4n) is 2.15. The second-order valence-electron chi connectivity index (χ2n) is 5.11. The Morgan fingerprint density at radius 1 is 1.19 bits per heavy atom. The van der Waals surface area contributed by atoms with E-state index in [1.54, 1.807) is 53.3 Å². The van der Waals surface area contributed by atoms with E-state index in [9.17, 15) is 9.59 Å². The number of rotatable bonds is 2. The van der Waals surface area contributed by atoms with E-state index in [0.717, 1.165) is 5.56 Å². The van der Waals surface area contributed by atoms with Gasteiger partial charge in [0, 0.05) is 58.7 Å². The van der Waals surface area contributed by atoms with Crippen molar-refractivity contribution in [1.29, 1.82) is 0 Å². The number of carbonyl (C=O) groups excluding carboxylic acids is 2. The van der Waals surface area contributed by atoms with Gasteiger partial charge in [-0.25, -0.2) is 4.79 Å². The first-order chi connectivity index (χ1) is 10.1. The number of urea groups is 1. The number of aromatic nitrogens is 1. The number of amides is 3. The van der Waals surface area contributed by atoms with E-state index in [-0.39, 0.29) is 11.9 Å². The molecule has 0 bridgehead atoms. The lowest BCUT2D eigenvalue weighted by Crippen LogP contribution is -2.52. The molecule has 6 heteroatoms. The molecule has 6 nitrogen and oxygen atoms in total. The third-order valence-corrected chi connectivity index (χ3v) is 3.35. The second kappa shape index (κ2) is 6.88. The van der Waals surface area contributed by atoms with Crippen LogP contribution in [0.2, 0.25) is 0 Å². The molecule has 1 aliphatic rings. The van der Waals surface area contributed by atoms with E-state index in [2.05, 4.69) is 4.98 Å². The van der Waals surface area contributed by atoms with Crippen LogP contribution >= 0.6 is 0 Å². The van der Waals surface area contributed by atoms with E-state index in [1.807, 2.05) is 12.1 Å². The first-order valence-electron chi connectivity index (χ1n) is 6.91. The highest BCUT2D eigenvalue weighted by Gasteiger charge is 2.23. The minimum atomic E-state index is -0.0317. The smallest absolute Gasteiger partial charge is 0.319 e. The van der Waals surface area contributed by atoms with Gasteiger partial charge in [-0.05, 0) is 17.7 Å². The lowest BCUT2D eigenvalue weighted by Gasteiger charge is -2.35. The lowest BCUT2D eigenvalue weighted by molar-refractivity contribution is -0.127. The van der Waals surface area contributed by atoms with Gasteiger partial charge in [-0.1, -0.05) is 6.07 Å². The fourth-order valence-corrected chi connectivity index (χ4v) is 2.15. The monoisotopic (exact) mass is 288 g/mol. The summed E-state index contributed by atoms with van der Waals surface area (Å²) in [6.45, 7) is 2.28. The van der Waals surface area contributed by atoms with Crippen molar-refractivity contribution in [1.82, 2.24) is 19.7 Å². The van der Waals surface area contributed by atoms with Crippen LogP contribution in [0.15, 0.2) is 30.6 Å². The van der Waals surface area contributed by atoms with E-state index in [4.69, 9.17) is 0 Å². The van der Waals surface area contributed by atoms with Gasteiger partial charge >= 0.3 is 6.03 Å². The number of nitrogens with zero attached hydrogens (tertiary/aromatic N) is 4. The zero-order chi connectivity index (χ0) is 15.2. The average molecular weight is 288 g/mol. The van der Waals surface area contributed by atoms with E-state index in [0.29, 0.717) is 26.2 Å². The van der Waals surface area contributed by atoms with Crippen molar-refractivity contribution in [2.24, 2.45) is 0 Å². The quantitative estimate of drug-likeness (QED) is 0.760. The number of hydrogen-bond acceptors (Lipinski definition) is 3. The van der Waals surface area contributed by atoms with E-state index < -0.39 is 0 Å². The summed E-state index contributed by atoms with van der Waals surface area (Å²) < 4.78 is 0. The normalized spacial score (nSPS) is 15.3. The molecule has 0 aliphatic carbocycles. The van der Waals surface area contributed by atoms with Crippen molar-refractivity contribution >= 4 is 18.0 Å². The van der Waals surface area contributed by atoms with Gasteiger partial charge in [0.05, 0.1) is 0 Å². The Bertz CT molecular complexity index is 520. The predicted molar refractivity (Wildman–Crippen MR) is 80.5 cm³/mol. The maximum absolute atomic E-state index is 12.1. The summed E-state index contributed by atoms with van der Waals surface area (Å²) in [4.78, 5) is 33.0. The summed E-state index contributed by atoms with van der Waals surface area (Å²) in [5.74, 6) is -0.0317. The molecule has 2 rings (SSSR count). The molecule has 3 amide bonds. The molecule has 1 fully saturated rings. The summed E-state index contributed by atoms with van der Waals surface area (Å²) in [5.41, 5.74) is 0.896. The average Bonchev–Trinajstić information content (AvgIpc) is 2.53. The summed E-state index contributed by atoms with van der Waals surface area (Å²) in [5, 5.41) is 0. The summed E-state index contributed by atoms with van der Waals surface area (Å²) >= 11 is 0. The van der Waals surface area contributed by atoms with Crippen molar-refractivity contribution in [3.63, 3.8) is 0 Å². The molecule has 2 heterocycles. The van der Waals surface area contributed by atoms with Crippen LogP contribution in [0.1, 0.15) is 5.56 Å². The Balaban J connectivity index is 1.86. The minimum Gasteiger partial charge on any atom is -0.336 e. The van der Waals surface area contributed by atoms with Crippen LogP contribution in [0, 0.1) is 0 Å². The highest BCUT2D eigenvalue weighted by Crippen LogP contribution is 2.06. The third kappa shape index (κ3) is 4.05. The number of carbonyl (C=O) groups is 2. The molecule has 0 unspecified atom stereocenters. The van der Waals surface area contributed by atoms with Crippen LogP contribution in [-0.2, 0) is 4.79 Å². The zero-order valence-electron chi connectivity index (χ0n) is 12.4. The highest BCUT2D eigenvalue weighted by molar-refractivity contribution is 5.91. The highest BCUT2D eigenvalue weighted by atomic mass is 16.2. The lowest BCUT2D eigenvalue weighted by atomic mass is 10.2. The molecule has 1 aromatic heterocycles. The van der Waals surface area contributed by atoms with Crippen molar-refractivity contribution < 1.29 is 9.59 Å². The molecule has 0 aromatic carbocycles. The Morgan fingerprint density at radius 3 is 2.43 bits per heavy atom. The molecule has 0 radical (unpaired) electrons. The molecule has 0 N–H and O–H groups in total. The van der Waals surface area contributed by atoms with Crippen LogP contribution < -0.4 is 0 Å². The van der Waals surface area contributed by atoms with Gasteiger partial charge in [-0.2, -0.15) is 0 Å². The van der Waals surface area contributed by atoms with E-state index in [1.165, 1.54) is 0 Å². The zero-order valence-corrected chi connectivity index (χ0v) is 12.4. The molecular weight excluding hydrogens is 268 g/mol. The van der Waals surface area contributed by atoms with Crippen LogP contribution in [0.5, 0.6) is 0 Å². The van der Waals surface area contributed by atoms with Gasteiger partial charge in [0.25, 0.3) is 0 Å². The predicted octanol–water partition coefficient (Wildman–Crippen LogP) is 0.921. The molecule has 112 valence electrons. The van der Waals surface area contributed by atoms with Crippen LogP contribution in [0.3, 0.4) is 0 Å². The van der Waals surface area contributed by atoms with Gasteiger partial charge < -0.3 is 14.7 Å². The Hall–Kier alpha value is -2.37. The van der Waals surface area contributed by atoms with Gasteiger partial charge in [-0.15, -0.1) is 0 Å². The molecule has 0 atom stereocenters. The maximum Gasteiger partial charge on any atom is 0.319 e. The van der Waals surface area contributed by atoms with Crippen molar-refractivity contribution in [3.05, 3.63) is 36.2 Å².